The Morgan fingerprint density at radius 1 is 1.28 bits per heavy atom. The molecule has 29 heavy (non-hydrogen) atoms. The summed E-state index contributed by atoms with van der Waals surface area (Å²) in [5.41, 5.74) is 2.44. The number of terminal acetylenes is 1. The van der Waals surface area contributed by atoms with Crippen LogP contribution in [0.25, 0.3) is 0 Å². The summed E-state index contributed by atoms with van der Waals surface area (Å²) in [5.74, 6) is 1.96. The quantitative estimate of drug-likeness (QED) is 0.582. The van der Waals surface area contributed by atoms with E-state index in [4.69, 9.17) is 6.42 Å². The molecule has 0 aromatic heterocycles. The molecule has 0 aromatic carbocycles. The molecule has 4 rings (SSSR count). The standard InChI is InChI=1S/C19H29N5O4S/c1-4-19(7-8-19)21-29(27,28)14-5-6-16-15(9-14)17(25)24(18(26)23(16)3)12-13-10-20-22(2)11-13/h1,13-16,20-21H,5-12H2,2-3H3. The number of hydrogen-bond acceptors (Lipinski definition) is 6. The SMILES string of the molecule is C#CC1(NS(=O)(=O)C2CCC3C(C2)C(=O)N(CC2CNN(C)C2)C(=O)N3C)CC1. The molecule has 10 heteroatoms. The first-order chi connectivity index (χ1) is 13.7. The molecule has 4 fully saturated rings. The Balaban J connectivity index is 1.49. The van der Waals surface area contributed by atoms with Crippen molar-refractivity contribution in [1.82, 2.24) is 25.0 Å². The molecule has 2 saturated carbocycles. The third-order valence-corrected chi connectivity index (χ3v) is 8.79. The van der Waals surface area contributed by atoms with Crippen molar-refractivity contribution in [3.05, 3.63) is 0 Å². The molecule has 4 unspecified atom stereocenters. The zero-order valence-corrected chi connectivity index (χ0v) is 17.7. The molecule has 4 aliphatic rings. The van der Waals surface area contributed by atoms with Crippen molar-refractivity contribution in [2.24, 2.45) is 11.8 Å². The number of sulfonamides is 1. The lowest BCUT2D eigenvalue weighted by Crippen LogP contribution is -2.63. The number of carbonyl (C=O) groups is 2. The molecular formula is C19H29N5O4S. The first kappa shape index (κ1) is 20.6. The minimum absolute atomic E-state index is 0.160. The van der Waals surface area contributed by atoms with Crippen LogP contribution in [0.15, 0.2) is 0 Å². The molecule has 0 bridgehead atoms. The van der Waals surface area contributed by atoms with Crippen LogP contribution in [-0.4, -0.2) is 85.7 Å². The van der Waals surface area contributed by atoms with Gasteiger partial charge in [0, 0.05) is 45.7 Å². The summed E-state index contributed by atoms with van der Waals surface area (Å²) < 4.78 is 28.5. The zero-order chi connectivity index (χ0) is 21.0. The highest BCUT2D eigenvalue weighted by molar-refractivity contribution is 7.90. The first-order valence-electron chi connectivity index (χ1n) is 10.2. The van der Waals surface area contributed by atoms with Gasteiger partial charge in [-0.25, -0.2) is 18.2 Å². The van der Waals surface area contributed by atoms with E-state index in [1.165, 1.54) is 4.90 Å². The van der Waals surface area contributed by atoms with E-state index < -0.39 is 26.7 Å². The summed E-state index contributed by atoms with van der Waals surface area (Å²) in [6.07, 6.45) is 7.91. The van der Waals surface area contributed by atoms with E-state index in [0.29, 0.717) is 38.8 Å². The van der Waals surface area contributed by atoms with E-state index >= 15 is 0 Å². The van der Waals surface area contributed by atoms with Crippen molar-refractivity contribution in [3.8, 4) is 12.3 Å². The van der Waals surface area contributed by atoms with Crippen LogP contribution in [0.2, 0.25) is 0 Å². The van der Waals surface area contributed by atoms with Crippen LogP contribution in [-0.2, 0) is 14.8 Å². The van der Waals surface area contributed by atoms with Crippen molar-refractivity contribution in [1.29, 1.82) is 0 Å². The highest BCUT2D eigenvalue weighted by atomic mass is 32.2. The molecule has 2 heterocycles. The van der Waals surface area contributed by atoms with Crippen molar-refractivity contribution < 1.29 is 18.0 Å². The van der Waals surface area contributed by atoms with Crippen molar-refractivity contribution in [2.45, 2.75) is 48.9 Å². The molecule has 0 radical (unpaired) electrons. The van der Waals surface area contributed by atoms with Gasteiger partial charge in [0.15, 0.2) is 0 Å². The van der Waals surface area contributed by atoms with Crippen molar-refractivity contribution in [3.63, 3.8) is 0 Å². The number of hydrazine groups is 1. The minimum atomic E-state index is -3.63. The summed E-state index contributed by atoms with van der Waals surface area (Å²) in [7, 11) is 0.0103. The smallest absolute Gasteiger partial charge is 0.324 e. The highest BCUT2D eigenvalue weighted by Gasteiger charge is 2.52. The fraction of sp³-hybridized carbons (Fsp3) is 0.789. The van der Waals surface area contributed by atoms with E-state index in [2.05, 4.69) is 16.1 Å². The van der Waals surface area contributed by atoms with Crippen LogP contribution in [0.3, 0.4) is 0 Å². The largest absolute Gasteiger partial charge is 0.326 e. The van der Waals surface area contributed by atoms with Gasteiger partial charge < -0.3 is 4.90 Å². The second-order valence-electron chi connectivity index (χ2n) is 8.93. The molecule has 0 spiro atoms. The topological polar surface area (TPSA) is 102 Å². The summed E-state index contributed by atoms with van der Waals surface area (Å²) in [6, 6.07) is -0.529. The number of fused-ring (bicyclic) bond motifs is 1. The van der Waals surface area contributed by atoms with Gasteiger partial charge in [0.25, 0.3) is 0 Å². The molecule has 2 aliphatic carbocycles. The van der Waals surface area contributed by atoms with E-state index in [0.717, 1.165) is 6.54 Å². The van der Waals surface area contributed by atoms with Gasteiger partial charge in [0.1, 0.15) is 0 Å². The number of nitrogens with one attached hydrogen (secondary N) is 2. The van der Waals surface area contributed by atoms with Crippen LogP contribution < -0.4 is 10.1 Å². The molecule has 2 saturated heterocycles. The number of amides is 3. The van der Waals surface area contributed by atoms with Gasteiger partial charge in [-0.05, 0) is 32.1 Å². The van der Waals surface area contributed by atoms with Crippen LogP contribution >= 0.6 is 0 Å². The zero-order valence-electron chi connectivity index (χ0n) is 16.9. The fourth-order valence-corrected chi connectivity index (χ4v) is 6.74. The lowest BCUT2D eigenvalue weighted by Gasteiger charge is -2.47. The van der Waals surface area contributed by atoms with Crippen LogP contribution in [0.4, 0.5) is 4.79 Å². The van der Waals surface area contributed by atoms with Crippen molar-refractivity contribution in [2.75, 3.05) is 33.7 Å². The Hall–Kier alpha value is -1.67. The Morgan fingerprint density at radius 3 is 2.59 bits per heavy atom. The van der Waals surface area contributed by atoms with Gasteiger partial charge >= 0.3 is 6.03 Å². The van der Waals surface area contributed by atoms with Crippen LogP contribution in [0, 0.1) is 24.2 Å². The van der Waals surface area contributed by atoms with Crippen LogP contribution in [0.1, 0.15) is 32.1 Å². The van der Waals surface area contributed by atoms with Gasteiger partial charge in [0.05, 0.1) is 16.7 Å². The van der Waals surface area contributed by atoms with Crippen LogP contribution in [0.5, 0.6) is 0 Å². The number of carbonyl (C=O) groups excluding carboxylic acids is 2. The maximum Gasteiger partial charge on any atom is 0.326 e. The molecule has 9 nitrogen and oxygen atoms in total. The summed E-state index contributed by atoms with van der Waals surface area (Å²) in [4.78, 5) is 29.0. The monoisotopic (exact) mass is 423 g/mol. The Kier molecular flexibility index (Phi) is 5.14. The second kappa shape index (κ2) is 7.23. The van der Waals surface area contributed by atoms with E-state index in [-0.39, 0.29) is 30.3 Å². The third-order valence-electron chi connectivity index (χ3n) is 6.80. The fourth-order valence-electron chi connectivity index (χ4n) is 4.86. The Labute approximate surface area is 172 Å². The van der Waals surface area contributed by atoms with Gasteiger partial charge in [-0.1, -0.05) is 5.92 Å². The highest BCUT2D eigenvalue weighted by Crippen LogP contribution is 2.39. The number of imide groups is 1. The van der Waals surface area contributed by atoms with E-state index in [1.54, 1.807) is 11.9 Å². The van der Waals surface area contributed by atoms with Crippen molar-refractivity contribution >= 4 is 22.0 Å². The number of hydrogen-bond donors (Lipinski definition) is 2. The second-order valence-corrected chi connectivity index (χ2v) is 10.9. The predicted octanol–water partition coefficient (Wildman–Crippen LogP) is -0.431. The molecule has 3 amide bonds. The Bertz CT molecular complexity index is 849. The lowest BCUT2D eigenvalue weighted by molar-refractivity contribution is -0.140. The number of urea groups is 1. The molecule has 0 aromatic rings. The molecular weight excluding hydrogens is 394 g/mol. The van der Waals surface area contributed by atoms with Gasteiger partial charge in [0.2, 0.25) is 15.9 Å². The van der Waals surface area contributed by atoms with Gasteiger partial charge in [-0.3, -0.25) is 15.1 Å². The molecule has 2 N–H and O–H groups in total. The summed E-state index contributed by atoms with van der Waals surface area (Å²) in [5, 5.41) is 1.28. The number of rotatable bonds is 5. The van der Waals surface area contributed by atoms with Gasteiger partial charge in [-0.15, -0.1) is 6.42 Å². The molecule has 2 aliphatic heterocycles. The van der Waals surface area contributed by atoms with E-state index in [9.17, 15) is 18.0 Å². The molecule has 4 atom stereocenters. The van der Waals surface area contributed by atoms with E-state index in [1.807, 2.05) is 12.1 Å². The maximum atomic E-state index is 13.2. The lowest BCUT2D eigenvalue weighted by atomic mass is 9.81. The minimum Gasteiger partial charge on any atom is -0.324 e. The normalized spacial score (nSPS) is 34.8. The Morgan fingerprint density at radius 2 is 2.00 bits per heavy atom. The third kappa shape index (κ3) is 3.77. The molecule has 160 valence electrons. The first-order valence-corrected chi connectivity index (χ1v) is 11.7. The predicted molar refractivity (Wildman–Crippen MR) is 107 cm³/mol. The van der Waals surface area contributed by atoms with Gasteiger partial charge in [-0.2, -0.15) is 4.72 Å². The average molecular weight is 424 g/mol. The summed E-state index contributed by atoms with van der Waals surface area (Å²) >= 11 is 0. The average Bonchev–Trinajstić information content (AvgIpc) is 3.33. The maximum absolute atomic E-state index is 13.2. The number of nitrogens with zero attached hydrogens (tertiary/aromatic N) is 3. The summed E-state index contributed by atoms with van der Waals surface area (Å²) in [6.45, 7) is 1.81.